The Morgan fingerprint density at radius 2 is 2.06 bits per heavy atom. The topological polar surface area (TPSA) is 66.4 Å². The van der Waals surface area contributed by atoms with E-state index in [1.165, 1.54) is 6.07 Å². The van der Waals surface area contributed by atoms with Crippen molar-refractivity contribution in [1.29, 1.82) is 0 Å². The van der Waals surface area contributed by atoms with E-state index in [9.17, 15) is 13.5 Å². The first-order valence-corrected chi connectivity index (χ1v) is 8.04. The Labute approximate surface area is 117 Å². The van der Waals surface area contributed by atoms with Gasteiger partial charge < -0.3 is 5.11 Å². The highest BCUT2D eigenvalue weighted by Crippen LogP contribution is 2.16. The Morgan fingerprint density at radius 3 is 2.61 bits per heavy atom. The van der Waals surface area contributed by atoms with Gasteiger partial charge in [-0.25, -0.2) is 13.1 Å². The fourth-order valence-corrected chi connectivity index (χ4v) is 3.04. The predicted molar refractivity (Wildman–Crippen MR) is 74.8 cm³/mol. The number of benzene rings is 1. The van der Waals surface area contributed by atoms with Crippen LogP contribution < -0.4 is 4.72 Å². The Kier molecular flexibility index (Phi) is 5.78. The molecule has 4 nitrogen and oxygen atoms in total. The van der Waals surface area contributed by atoms with Gasteiger partial charge in [0.05, 0.1) is 11.0 Å². The lowest BCUT2D eigenvalue weighted by atomic mass is 10.1. The Morgan fingerprint density at radius 1 is 1.39 bits per heavy atom. The first-order valence-electron chi connectivity index (χ1n) is 5.76. The molecule has 1 aromatic carbocycles. The highest BCUT2D eigenvalue weighted by molar-refractivity contribution is 9.10. The third-order valence-corrected chi connectivity index (χ3v) is 4.56. The van der Waals surface area contributed by atoms with Crippen molar-refractivity contribution in [3.8, 4) is 0 Å². The number of halogens is 1. The first-order chi connectivity index (χ1) is 8.33. The van der Waals surface area contributed by atoms with E-state index >= 15 is 0 Å². The van der Waals surface area contributed by atoms with Crippen LogP contribution in [0.15, 0.2) is 33.6 Å². The summed E-state index contributed by atoms with van der Waals surface area (Å²) in [6.07, 6.45) is -0.0829. The predicted octanol–water partition coefficient (Wildman–Crippen LogP) is 2.13. The van der Waals surface area contributed by atoms with Crippen LogP contribution >= 0.6 is 15.9 Å². The molecule has 18 heavy (non-hydrogen) atoms. The van der Waals surface area contributed by atoms with Crippen LogP contribution in [0.4, 0.5) is 0 Å². The molecule has 0 saturated heterocycles. The molecule has 0 saturated carbocycles. The van der Waals surface area contributed by atoms with Crippen molar-refractivity contribution in [1.82, 2.24) is 4.72 Å². The van der Waals surface area contributed by atoms with Crippen molar-refractivity contribution in [2.45, 2.75) is 31.3 Å². The maximum Gasteiger partial charge on any atom is 0.240 e. The van der Waals surface area contributed by atoms with Crippen LogP contribution in [0.5, 0.6) is 0 Å². The third-order valence-electron chi connectivity index (χ3n) is 2.61. The molecular formula is C12H18BrNO3S. The molecule has 0 aromatic heterocycles. The second-order valence-corrected chi connectivity index (χ2v) is 7.14. The number of aliphatic hydroxyl groups excluding tert-OH is 1. The second-order valence-electron chi connectivity index (χ2n) is 4.46. The molecule has 1 atom stereocenters. The zero-order chi connectivity index (χ0) is 13.8. The van der Waals surface area contributed by atoms with Gasteiger partial charge in [-0.3, -0.25) is 0 Å². The second kappa shape index (κ2) is 6.65. The van der Waals surface area contributed by atoms with Gasteiger partial charge in [0.15, 0.2) is 0 Å². The summed E-state index contributed by atoms with van der Waals surface area (Å²) in [7, 11) is -3.50. The number of rotatable bonds is 6. The van der Waals surface area contributed by atoms with E-state index in [-0.39, 0.29) is 17.4 Å². The highest BCUT2D eigenvalue weighted by Gasteiger charge is 2.15. The summed E-state index contributed by atoms with van der Waals surface area (Å²) in [5.41, 5.74) is 0. The summed E-state index contributed by atoms with van der Waals surface area (Å²) in [5, 5.41) is 9.60. The van der Waals surface area contributed by atoms with Gasteiger partial charge in [-0.15, -0.1) is 0 Å². The minimum absolute atomic E-state index is 0.125. The van der Waals surface area contributed by atoms with Crippen LogP contribution in [0.25, 0.3) is 0 Å². The SMILES string of the molecule is CC(C)C(O)CCNS(=O)(=O)c1cccc(Br)c1. The summed E-state index contributed by atoms with van der Waals surface area (Å²) in [4.78, 5) is 0.218. The summed E-state index contributed by atoms with van der Waals surface area (Å²) in [6, 6.07) is 6.51. The maximum atomic E-state index is 11.9. The minimum atomic E-state index is -3.50. The van der Waals surface area contributed by atoms with E-state index in [0.29, 0.717) is 10.9 Å². The summed E-state index contributed by atoms with van der Waals surface area (Å²) in [5.74, 6) is 0.125. The molecule has 0 bridgehead atoms. The standard InChI is InChI=1S/C12H18BrNO3S/c1-9(2)12(15)6-7-14-18(16,17)11-5-3-4-10(13)8-11/h3-5,8-9,12,14-15H,6-7H2,1-2H3. The molecule has 0 radical (unpaired) electrons. The number of aliphatic hydroxyl groups is 1. The summed E-state index contributed by atoms with van der Waals surface area (Å²) in [6.45, 7) is 4.02. The molecule has 0 spiro atoms. The molecule has 0 aliphatic carbocycles. The van der Waals surface area contributed by atoms with Crippen molar-refractivity contribution in [3.63, 3.8) is 0 Å². The number of nitrogens with one attached hydrogen (secondary N) is 1. The monoisotopic (exact) mass is 335 g/mol. The smallest absolute Gasteiger partial charge is 0.240 e. The van der Waals surface area contributed by atoms with Crippen molar-refractivity contribution < 1.29 is 13.5 Å². The number of sulfonamides is 1. The molecule has 0 aliphatic heterocycles. The first kappa shape index (κ1) is 15.6. The molecule has 0 aliphatic rings. The van der Waals surface area contributed by atoms with Gasteiger partial charge in [-0.2, -0.15) is 0 Å². The van der Waals surface area contributed by atoms with E-state index in [1.54, 1.807) is 18.2 Å². The molecule has 6 heteroatoms. The van der Waals surface area contributed by atoms with Gasteiger partial charge in [0.1, 0.15) is 0 Å². The molecule has 0 heterocycles. The molecule has 2 N–H and O–H groups in total. The average Bonchev–Trinajstić information content (AvgIpc) is 2.28. The van der Waals surface area contributed by atoms with Crippen LogP contribution in [0, 0.1) is 5.92 Å². The van der Waals surface area contributed by atoms with Crippen LogP contribution in [0.1, 0.15) is 20.3 Å². The lowest BCUT2D eigenvalue weighted by Gasteiger charge is -2.14. The normalized spacial score (nSPS) is 13.8. The van der Waals surface area contributed by atoms with E-state index in [1.807, 2.05) is 13.8 Å². The molecule has 0 amide bonds. The van der Waals surface area contributed by atoms with Gasteiger partial charge in [-0.1, -0.05) is 35.8 Å². The molecule has 102 valence electrons. The third kappa shape index (κ3) is 4.68. The van der Waals surface area contributed by atoms with Crippen molar-refractivity contribution in [3.05, 3.63) is 28.7 Å². The lowest BCUT2D eigenvalue weighted by Crippen LogP contribution is -2.28. The Hall–Kier alpha value is -0.430. The maximum absolute atomic E-state index is 11.9. The van der Waals surface area contributed by atoms with E-state index in [2.05, 4.69) is 20.7 Å². The van der Waals surface area contributed by atoms with E-state index < -0.39 is 16.1 Å². The van der Waals surface area contributed by atoms with Gasteiger partial charge in [-0.05, 0) is 30.5 Å². The number of hydrogen-bond acceptors (Lipinski definition) is 3. The van der Waals surface area contributed by atoms with Gasteiger partial charge in [0.25, 0.3) is 0 Å². The van der Waals surface area contributed by atoms with E-state index in [4.69, 9.17) is 0 Å². The molecular weight excluding hydrogens is 318 g/mol. The van der Waals surface area contributed by atoms with Crippen LogP contribution in [-0.2, 0) is 10.0 Å². The van der Waals surface area contributed by atoms with Crippen LogP contribution in [0.3, 0.4) is 0 Å². The highest BCUT2D eigenvalue weighted by atomic mass is 79.9. The molecule has 1 aromatic rings. The summed E-state index contributed by atoms with van der Waals surface area (Å²) < 4.78 is 27.0. The Bertz CT molecular complexity index is 488. The Balaban J connectivity index is 2.61. The fraction of sp³-hybridized carbons (Fsp3) is 0.500. The van der Waals surface area contributed by atoms with Crippen LogP contribution in [-0.4, -0.2) is 26.2 Å². The molecule has 1 unspecified atom stereocenters. The van der Waals surface area contributed by atoms with Crippen molar-refractivity contribution in [2.75, 3.05) is 6.54 Å². The van der Waals surface area contributed by atoms with Crippen molar-refractivity contribution in [2.24, 2.45) is 5.92 Å². The quantitative estimate of drug-likeness (QED) is 0.836. The zero-order valence-electron chi connectivity index (χ0n) is 10.4. The van der Waals surface area contributed by atoms with Crippen LogP contribution in [0.2, 0.25) is 0 Å². The number of hydrogen-bond donors (Lipinski definition) is 2. The summed E-state index contributed by atoms with van der Waals surface area (Å²) >= 11 is 3.23. The van der Waals surface area contributed by atoms with Gasteiger partial charge in [0.2, 0.25) is 10.0 Å². The largest absolute Gasteiger partial charge is 0.393 e. The molecule has 1 rings (SSSR count). The lowest BCUT2D eigenvalue weighted by molar-refractivity contribution is 0.118. The molecule has 0 fully saturated rings. The minimum Gasteiger partial charge on any atom is -0.393 e. The average molecular weight is 336 g/mol. The van der Waals surface area contributed by atoms with Gasteiger partial charge in [0, 0.05) is 11.0 Å². The van der Waals surface area contributed by atoms with Gasteiger partial charge >= 0.3 is 0 Å². The van der Waals surface area contributed by atoms with Crippen molar-refractivity contribution >= 4 is 26.0 Å². The van der Waals surface area contributed by atoms with E-state index in [0.717, 1.165) is 0 Å². The zero-order valence-corrected chi connectivity index (χ0v) is 12.8. The fourth-order valence-electron chi connectivity index (χ4n) is 1.39.